The summed E-state index contributed by atoms with van der Waals surface area (Å²) in [5.74, 6) is 1.73. The van der Waals surface area contributed by atoms with Gasteiger partial charge in [-0.2, -0.15) is 0 Å². The van der Waals surface area contributed by atoms with Crippen LogP contribution in [0.25, 0.3) is 0 Å². The quantitative estimate of drug-likeness (QED) is 0.764. The molecule has 1 aliphatic carbocycles. The lowest BCUT2D eigenvalue weighted by molar-refractivity contribution is 0.0906. The third-order valence-electron chi connectivity index (χ3n) is 4.51. The normalized spacial score (nSPS) is 29.2. The second-order valence-electron chi connectivity index (χ2n) is 5.79. The minimum Gasteiger partial charge on any atom is -0.490 e. The zero-order chi connectivity index (χ0) is 12.4. The molecule has 2 nitrogen and oxygen atoms in total. The minimum atomic E-state index is 0.156. The van der Waals surface area contributed by atoms with E-state index in [1.807, 2.05) is 12.1 Å². The van der Waals surface area contributed by atoms with Gasteiger partial charge in [0, 0.05) is 18.0 Å². The van der Waals surface area contributed by atoms with Crippen molar-refractivity contribution in [3.63, 3.8) is 0 Å². The standard InChI is InChI=1S/C16H23NO/c17-14-11-16(12-7-3-1-2-4-8-12)18-15-10-6-5-9-13(14)15/h5-6,9-10,12,14,16H,1-4,7-8,11,17H2/t14-,16?/m1/s1. The second-order valence-corrected chi connectivity index (χ2v) is 5.79. The first-order chi connectivity index (χ1) is 8.84. The molecule has 1 heterocycles. The molecule has 1 aromatic carbocycles. The number of hydrogen-bond donors (Lipinski definition) is 1. The molecule has 1 saturated carbocycles. The highest BCUT2D eigenvalue weighted by atomic mass is 16.5. The van der Waals surface area contributed by atoms with E-state index in [2.05, 4.69) is 12.1 Å². The number of ether oxygens (including phenoxy) is 1. The third kappa shape index (κ3) is 2.39. The maximum absolute atomic E-state index is 6.30. The number of fused-ring (bicyclic) bond motifs is 1. The van der Waals surface area contributed by atoms with Crippen LogP contribution in [0.3, 0.4) is 0 Å². The molecule has 2 aliphatic rings. The Hall–Kier alpha value is -1.02. The predicted octanol–water partition coefficient (Wildman–Crippen LogP) is 3.81. The van der Waals surface area contributed by atoms with E-state index in [9.17, 15) is 0 Å². The van der Waals surface area contributed by atoms with Crippen molar-refractivity contribution in [1.29, 1.82) is 0 Å². The van der Waals surface area contributed by atoms with Crippen molar-refractivity contribution in [3.8, 4) is 5.75 Å². The molecule has 0 spiro atoms. The Bertz CT molecular complexity index is 396. The summed E-state index contributed by atoms with van der Waals surface area (Å²) in [4.78, 5) is 0. The van der Waals surface area contributed by atoms with Crippen LogP contribution in [0.15, 0.2) is 24.3 Å². The van der Waals surface area contributed by atoms with Crippen molar-refractivity contribution >= 4 is 0 Å². The summed E-state index contributed by atoms with van der Waals surface area (Å²) >= 11 is 0. The van der Waals surface area contributed by atoms with Crippen molar-refractivity contribution in [1.82, 2.24) is 0 Å². The molecule has 0 radical (unpaired) electrons. The number of benzene rings is 1. The van der Waals surface area contributed by atoms with Crippen molar-refractivity contribution in [2.75, 3.05) is 0 Å². The molecular weight excluding hydrogens is 222 g/mol. The van der Waals surface area contributed by atoms with Gasteiger partial charge < -0.3 is 10.5 Å². The fraction of sp³-hybridized carbons (Fsp3) is 0.625. The lowest BCUT2D eigenvalue weighted by Gasteiger charge is -2.35. The summed E-state index contributed by atoms with van der Waals surface area (Å²) < 4.78 is 6.22. The Balaban J connectivity index is 1.76. The average molecular weight is 245 g/mol. The fourth-order valence-electron chi connectivity index (χ4n) is 3.45. The van der Waals surface area contributed by atoms with Crippen LogP contribution in [0, 0.1) is 5.92 Å². The highest BCUT2D eigenvalue weighted by molar-refractivity contribution is 5.37. The molecule has 1 aromatic rings. The Morgan fingerprint density at radius 2 is 1.72 bits per heavy atom. The van der Waals surface area contributed by atoms with Gasteiger partial charge in [-0.25, -0.2) is 0 Å². The number of hydrogen-bond acceptors (Lipinski definition) is 2. The molecule has 98 valence electrons. The lowest BCUT2D eigenvalue weighted by atomic mass is 9.86. The zero-order valence-corrected chi connectivity index (χ0v) is 11.0. The Labute approximate surface area is 110 Å². The topological polar surface area (TPSA) is 35.2 Å². The van der Waals surface area contributed by atoms with Crippen LogP contribution in [-0.4, -0.2) is 6.10 Å². The Morgan fingerprint density at radius 1 is 1.00 bits per heavy atom. The van der Waals surface area contributed by atoms with Crippen LogP contribution in [-0.2, 0) is 0 Å². The van der Waals surface area contributed by atoms with Crippen LogP contribution < -0.4 is 10.5 Å². The summed E-state index contributed by atoms with van der Waals surface area (Å²) in [6.45, 7) is 0. The van der Waals surface area contributed by atoms with E-state index in [0.717, 1.165) is 12.2 Å². The van der Waals surface area contributed by atoms with Crippen molar-refractivity contribution in [2.45, 2.75) is 57.1 Å². The molecule has 1 unspecified atom stereocenters. The largest absolute Gasteiger partial charge is 0.490 e. The van der Waals surface area contributed by atoms with Crippen LogP contribution in [0.4, 0.5) is 0 Å². The van der Waals surface area contributed by atoms with Gasteiger partial charge in [-0.05, 0) is 24.8 Å². The smallest absolute Gasteiger partial charge is 0.124 e. The molecule has 1 aliphatic heterocycles. The molecule has 0 aromatic heterocycles. The minimum absolute atomic E-state index is 0.156. The number of nitrogens with two attached hydrogens (primary N) is 1. The van der Waals surface area contributed by atoms with Crippen molar-refractivity contribution in [2.24, 2.45) is 11.7 Å². The third-order valence-corrected chi connectivity index (χ3v) is 4.51. The molecular formula is C16H23NO. The maximum Gasteiger partial charge on any atom is 0.124 e. The zero-order valence-electron chi connectivity index (χ0n) is 11.0. The van der Waals surface area contributed by atoms with Crippen molar-refractivity contribution < 1.29 is 4.74 Å². The molecule has 1 fully saturated rings. The molecule has 2 N–H and O–H groups in total. The van der Waals surface area contributed by atoms with Crippen LogP contribution >= 0.6 is 0 Å². The lowest BCUT2D eigenvalue weighted by Crippen LogP contribution is -2.35. The van der Waals surface area contributed by atoms with Gasteiger partial charge in [0.2, 0.25) is 0 Å². The summed E-state index contributed by atoms with van der Waals surface area (Å²) in [5, 5.41) is 0. The van der Waals surface area contributed by atoms with Gasteiger partial charge in [0.15, 0.2) is 0 Å². The number of rotatable bonds is 1. The summed E-state index contributed by atoms with van der Waals surface area (Å²) in [6.07, 6.45) is 9.48. The summed E-state index contributed by atoms with van der Waals surface area (Å²) in [5.41, 5.74) is 7.49. The van der Waals surface area contributed by atoms with Gasteiger partial charge in [0.25, 0.3) is 0 Å². The molecule has 3 rings (SSSR count). The van der Waals surface area contributed by atoms with Crippen LogP contribution in [0.5, 0.6) is 5.75 Å². The van der Waals surface area contributed by atoms with E-state index in [1.165, 1.54) is 44.1 Å². The highest BCUT2D eigenvalue weighted by Gasteiger charge is 2.31. The molecule has 0 bridgehead atoms. The van der Waals surface area contributed by atoms with Gasteiger partial charge in [-0.3, -0.25) is 0 Å². The van der Waals surface area contributed by atoms with E-state index >= 15 is 0 Å². The van der Waals surface area contributed by atoms with Crippen molar-refractivity contribution in [3.05, 3.63) is 29.8 Å². The van der Waals surface area contributed by atoms with Gasteiger partial charge in [0.05, 0.1) is 0 Å². The van der Waals surface area contributed by atoms with Crippen LogP contribution in [0.2, 0.25) is 0 Å². The van der Waals surface area contributed by atoms with E-state index in [1.54, 1.807) is 0 Å². The molecule has 0 saturated heterocycles. The summed E-state index contributed by atoms with van der Waals surface area (Å²) in [7, 11) is 0. The van der Waals surface area contributed by atoms with E-state index < -0.39 is 0 Å². The predicted molar refractivity (Wildman–Crippen MR) is 73.6 cm³/mol. The SMILES string of the molecule is N[C@@H]1CC(C2CCCCCC2)Oc2ccccc21. The van der Waals surface area contributed by atoms with E-state index in [4.69, 9.17) is 10.5 Å². The first kappa shape index (κ1) is 12.0. The van der Waals surface area contributed by atoms with Crippen LogP contribution in [0.1, 0.15) is 56.6 Å². The van der Waals surface area contributed by atoms with Gasteiger partial charge in [-0.1, -0.05) is 43.9 Å². The van der Waals surface area contributed by atoms with Gasteiger partial charge in [0.1, 0.15) is 11.9 Å². The van der Waals surface area contributed by atoms with Gasteiger partial charge >= 0.3 is 0 Å². The van der Waals surface area contributed by atoms with Gasteiger partial charge in [-0.15, -0.1) is 0 Å². The number of para-hydroxylation sites is 1. The first-order valence-electron chi connectivity index (χ1n) is 7.36. The highest BCUT2D eigenvalue weighted by Crippen LogP contribution is 2.38. The molecule has 0 amide bonds. The first-order valence-corrected chi connectivity index (χ1v) is 7.36. The van der Waals surface area contributed by atoms with E-state index in [0.29, 0.717) is 12.0 Å². The monoisotopic (exact) mass is 245 g/mol. The maximum atomic E-state index is 6.30. The molecule has 2 heteroatoms. The Kier molecular flexibility index (Phi) is 3.55. The Morgan fingerprint density at radius 3 is 2.50 bits per heavy atom. The average Bonchev–Trinajstić information content (AvgIpc) is 2.67. The molecule has 2 atom stereocenters. The second kappa shape index (κ2) is 5.31. The molecule has 18 heavy (non-hydrogen) atoms. The fourth-order valence-corrected chi connectivity index (χ4v) is 3.45. The van der Waals surface area contributed by atoms with E-state index in [-0.39, 0.29) is 6.04 Å². The summed E-state index contributed by atoms with van der Waals surface area (Å²) in [6, 6.07) is 8.42.